The zero-order chi connectivity index (χ0) is 16.2. The molecule has 6 nitrogen and oxygen atoms in total. The second-order valence-electron chi connectivity index (χ2n) is 5.00. The number of rotatable bonds is 3. The van der Waals surface area contributed by atoms with Gasteiger partial charge in [0.25, 0.3) is 6.02 Å². The maximum Gasteiger partial charge on any atom is 0.323 e. The average Bonchev–Trinajstić information content (AvgIpc) is 2.97. The number of carbonyl (C=O) groups is 1. The average molecular weight is 331 g/mol. The summed E-state index contributed by atoms with van der Waals surface area (Å²) in [6, 6.07) is 14.0. The van der Waals surface area contributed by atoms with E-state index in [2.05, 4.69) is 15.6 Å². The van der Waals surface area contributed by atoms with Crippen molar-refractivity contribution in [3.05, 3.63) is 59.1 Å². The molecule has 0 bridgehead atoms. The first-order chi connectivity index (χ1) is 11.1. The molecule has 4 N–H and O–H groups in total. The Balaban J connectivity index is 1.59. The Morgan fingerprint density at radius 2 is 1.65 bits per heavy atom. The molecule has 0 saturated carbocycles. The molecule has 3 rings (SSSR count). The fourth-order valence-corrected chi connectivity index (χ4v) is 2.30. The highest BCUT2D eigenvalue weighted by Gasteiger charge is 2.18. The van der Waals surface area contributed by atoms with Gasteiger partial charge in [-0.25, -0.2) is 9.79 Å². The number of ether oxygens (including phenoxy) is 1. The van der Waals surface area contributed by atoms with Crippen LogP contribution in [0.4, 0.5) is 16.2 Å². The summed E-state index contributed by atoms with van der Waals surface area (Å²) in [7, 11) is 0. The molecule has 23 heavy (non-hydrogen) atoms. The third kappa shape index (κ3) is 3.92. The Morgan fingerprint density at radius 3 is 2.17 bits per heavy atom. The summed E-state index contributed by atoms with van der Waals surface area (Å²) in [5.41, 5.74) is 7.82. The second-order valence-corrected chi connectivity index (χ2v) is 5.44. The number of halogens is 1. The van der Waals surface area contributed by atoms with E-state index in [0.29, 0.717) is 23.0 Å². The number of hydrogen-bond acceptors (Lipinski definition) is 4. The van der Waals surface area contributed by atoms with Crippen LogP contribution < -0.4 is 16.4 Å². The Kier molecular flexibility index (Phi) is 4.34. The lowest BCUT2D eigenvalue weighted by molar-refractivity contribution is 0.262. The molecule has 2 aromatic carbocycles. The van der Waals surface area contributed by atoms with Crippen LogP contribution in [-0.4, -0.2) is 18.7 Å². The van der Waals surface area contributed by atoms with Gasteiger partial charge in [-0.15, -0.1) is 0 Å². The van der Waals surface area contributed by atoms with Crippen LogP contribution in [0.2, 0.25) is 5.02 Å². The molecule has 118 valence electrons. The van der Waals surface area contributed by atoms with Crippen molar-refractivity contribution in [3.63, 3.8) is 0 Å². The van der Waals surface area contributed by atoms with Gasteiger partial charge in [0.2, 0.25) is 0 Å². The molecule has 0 radical (unpaired) electrons. The topological polar surface area (TPSA) is 88.7 Å². The van der Waals surface area contributed by atoms with Gasteiger partial charge in [0.15, 0.2) is 0 Å². The lowest BCUT2D eigenvalue weighted by Crippen LogP contribution is -2.19. The lowest BCUT2D eigenvalue weighted by atomic mass is 10.1. The number of amidine groups is 1. The summed E-state index contributed by atoms with van der Waals surface area (Å²) in [5, 5.41) is 6.10. The number of nitrogens with one attached hydrogen (secondary N) is 2. The van der Waals surface area contributed by atoms with Crippen LogP contribution >= 0.6 is 11.6 Å². The van der Waals surface area contributed by atoms with Crippen LogP contribution in [0, 0.1) is 0 Å². The highest BCUT2D eigenvalue weighted by Crippen LogP contribution is 2.23. The number of anilines is 2. The Bertz CT molecular complexity index is 729. The van der Waals surface area contributed by atoms with E-state index in [4.69, 9.17) is 22.1 Å². The number of hydrogen-bond donors (Lipinski definition) is 3. The fourth-order valence-electron chi connectivity index (χ4n) is 2.18. The smallest absolute Gasteiger partial charge is 0.323 e. The summed E-state index contributed by atoms with van der Waals surface area (Å²) in [6.45, 7) is 0.440. The molecule has 0 saturated heterocycles. The first-order valence-electron chi connectivity index (χ1n) is 7.00. The van der Waals surface area contributed by atoms with Crippen molar-refractivity contribution >= 4 is 35.0 Å². The van der Waals surface area contributed by atoms with Crippen LogP contribution in [0.15, 0.2) is 53.5 Å². The SMILES string of the molecule is NC1=NC(c2ccc(NC(=O)Nc3ccc(Cl)cc3)cc2)CO1. The maximum atomic E-state index is 11.9. The molecule has 0 fully saturated rings. The predicted octanol–water partition coefficient (Wildman–Crippen LogP) is 3.37. The number of aliphatic imine (C=N–C) groups is 1. The molecule has 2 aromatic rings. The molecule has 1 aliphatic heterocycles. The van der Waals surface area contributed by atoms with E-state index >= 15 is 0 Å². The second kappa shape index (κ2) is 6.58. The van der Waals surface area contributed by atoms with E-state index in [9.17, 15) is 4.79 Å². The molecular formula is C16H15ClN4O2. The molecule has 7 heteroatoms. The normalized spacial score (nSPS) is 16.4. The number of urea groups is 1. The molecule has 1 unspecified atom stereocenters. The summed E-state index contributed by atoms with van der Waals surface area (Å²) >= 11 is 5.80. The highest BCUT2D eigenvalue weighted by atomic mass is 35.5. The first-order valence-corrected chi connectivity index (χ1v) is 7.37. The Hall–Kier alpha value is -2.73. The molecule has 1 atom stereocenters. The van der Waals surface area contributed by atoms with E-state index in [1.807, 2.05) is 12.1 Å². The number of benzene rings is 2. The molecule has 1 aliphatic rings. The van der Waals surface area contributed by atoms with Gasteiger partial charge in [0.1, 0.15) is 12.6 Å². The van der Waals surface area contributed by atoms with Gasteiger partial charge < -0.3 is 21.1 Å². The summed E-state index contributed by atoms with van der Waals surface area (Å²) in [4.78, 5) is 16.1. The summed E-state index contributed by atoms with van der Waals surface area (Å²) in [6.07, 6.45) is 0. The van der Waals surface area contributed by atoms with Gasteiger partial charge in [-0.2, -0.15) is 0 Å². The van der Waals surface area contributed by atoms with Crippen molar-refractivity contribution < 1.29 is 9.53 Å². The van der Waals surface area contributed by atoms with Gasteiger partial charge >= 0.3 is 6.03 Å². The number of amides is 2. The van der Waals surface area contributed by atoms with E-state index < -0.39 is 0 Å². The van der Waals surface area contributed by atoms with Crippen LogP contribution in [-0.2, 0) is 4.74 Å². The first kappa shape index (κ1) is 15.2. The van der Waals surface area contributed by atoms with Gasteiger partial charge in [-0.05, 0) is 42.0 Å². The third-order valence-corrected chi connectivity index (χ3v) is 3.58. The van der Waals surface area contributed by atoms with Crippen LogP contribution in [0.3, 0.4) is 0 Å². The van der Waals surface area contributed by atoms with Crippen molar-refractivity contribution in [3.8, 4) is 0 Å². The molecule has 0 spiro atoms. The van der Waals surface area contributed by atoms with E-state index in [0.717, 1.165) is 5.56 Å². The minimum atomic E-state index is -0.327. The Morgan fingerprint density at radius 1 is 1.09 bits per heavy atom. The van der Waals surface area contributed by atoms with Crippen molar-refractivity contribution in [2.75, 3.05) is 17.2 Å². The number of nitrogens with zero attached hydrogens (tertiary/aromatic N) is 1. The van der Waals surface area contributed by atoms with Crippen molar-refractivity contribution in [2.45, 2.75) is 6.04 Å². The van der Waals surface area contributed by atoms with Crippen LogP contribution in [0.5, 0.6) is 0 Å². The van der Waals surface area contributed by atoms with E-state index in [-0.39, 0.29) is 18.1 Å². The van der Waals surface area contributed by atoms with Crippen molar-refractivity contribution in [1.82, 2.24) is 0 Å². The van der Waals surface area contributed by atoms with E-state index in [1.54, 1.807) is 36.4 Å². The van der Waals surface area contributed by atoms with Crippen molar-refractivity contribution in [1.29, 1.82) is 0 Å². The van der Waals surface area contributed by atoms with Crippen LogP contribution in [0.25, 0.3) is 0 Å². The van der Waals surface area contributed by atoms with Crippen LogP contribution in [0.1, 0.15) is 11.6 Å². The zero-order valence-electron chi connectivity index (χ0n) is 12.1. The third-order valence-electron chi connectivity index (χ3n) is 3.33. The molecule has 0 aliphatic carbocycles. The molecule has 0 aromatic heterocycles. The fraction of sp³-hybridized carbons (Fsp3) is 0.125. The minimum Gasteiger partial charge on any atom is -0.463 e. The largest absolute Gasteiger partial charge is 0.463 e. The van der Waals surface area contributed by atoms with Gasteiger partial charge in [-0.3, -0.25) is 0 Å². The standard InChI is InChI=1S/C16H15ClN4O2/c17-11-3-7-13(8-4-11)20-16(22)19-12-5-1-10(2-6-12)14-9-23-15(18)21-14/h1-8,14H,9H2,(H2,18,21)(H2,19,20,22). The monoisotopic (exact) mass is 330 g/mol. The highest BCUT2D eigenvalue weighted by molar-refractivity contribution is 6.30. The Labute approximate surface area is 138 Å². The van der Waals surface area contributed by atoms with Gasteiger partial charge in [0, 0.05) is 16.4 Å². The molecule has 2 amide bonds. The van der Waals surface area contributed by atoms with Gasteiger partial charge in [0.05, 0.1) is 0 Å². The van der Waals surface area contributed by atoms with Crippen molar-refractivity contribution in [2.24, 2.45) is 10.7 Å². The number of carbonyl (C=O) groups excluding carboxylic acids is 1. The zero-order valence-corrected chi connectivity index (χ0v) is 12.9. The maximum absolute atomic E-state index is 11.9. The molecule has 1 heterocycles. The minimum absolute atomic E-state index is 0.0908. The summed E-state index contributed by atoms with van der Waals surface area (Å²) in [5.74, 6) is 0. The lowest BCUT2D eigenvalue weighted by Gasteiger charge is -2.09. The summed E-state index contributed by atoms with van der Waals surface area (Å²) < 4.78 is 5.13. The van der Waals surface area contributed by atoms with Gasteiger partial charge in [-0.1, -0.05) is 23.7 Å². The quantitative estimate of drug-likeness (QED) is 0.806. The number of nitrogens with two attached hydrogens (primary N) is 1. The van der Waals surface area contributed by atoms with E-state index in [1.165, 1.54) is 0 Å². The predicted molar refractivity (Wildman–Crippen MR) is 90.9 cm³/mol. The molecular weight excluding hydrogens is 316 g/mol.